The van der Waals surface area contributed by atoms with Crippen LogP contribution in [0.2, 0.25) is 0 Å². The van der Waals surface area contributed by atoms with Crippen LogP contribution in [0.3, 0.4) is 0 Å². The highest BCUT2D eigenvalue weighted by Gasteiger charge is 2.75. The number of hydrogen-bond donors (Lipinski definition) is 6. The van der Waals surface area contributed by atoms with E-state index in [1.165, 1.54) is 28.1 Å². The number of carbonyl (C=O) groups excluding carboxylic acids is 3. The summed E-state index contributed by atoms with van der Waals surface area (Å²) in [6.45, 7) is 15.4. The normalized spacial score (nSPS) is 49.0. The molecule has 8 rings (SSSR count). The Morgan fingerprint density at radius 2 is 1.30 bits per heavy atom. The van der Waals surface area contributed by atoms with Gasteiger partial charge in [0.1, 0.15) is 72.9 Å². The van der Waals surface area contributed by atoms with Gasteiger partial charge in [0.25, 0.3) is 0 Å². The maximum Gasteiger partial charge on any atom is 0.306 e. The van der Waals surface area contributed by atoms with Gasteiger partial charge >= 0.3 is 11.9 Å². The molecule has 0 bridgehead atoms. The van der Waals surface area contributed by atoms with Gasteiger partial charge in [-0.25, -0.2) is 0 Å². The number of Topliss-reactive ketones (excluding diaryl/α,β-unsaturated/α-hetero) is 1. The predicted molar refractivity (Wildman–Crippen MR) is 267 cm³/mol. The van der Waals surface area contributed by atoms with Crippen LogP contribution in [0.1, 0.15) is 120 Å². The zero-order valence-electron chi connectivity index (χ0n) is 46.8. The Bertz CT molecular complexity index is 2070. The van der Waals surface area contributed by atoms with E-state index in [9.17, 15) is 45.0 Å². The third kappa shape index (κ3) is 11.5. The van der Waals surface area contributed by atoms with Crippen LogP contribution in [0.15, 0.2) is 11.6 Å². The summed E-state index contributed by atoms with van der Waals surface area (Å²) in [6.07, 6.45) is -14.4. The van der Waals surface area contributed by atoms with Crippen molar-refractivity contribution >= 4 is 17.7 Å². The molecule has 8 aliphatic rings. The molecule has 4 aliphatic heterocycles. The third-order valence-electron chi connectivity index (χ3n) is 18.9. The molecule has 0 aromatic heterocycles. The van der Waals surface area contributed by atoms with Crippen LogP contribution in [0.4, 0.5) is 0 Å². The van der Waals surface area contributed by atoms with Crippen molar-refractivity contribution in [3.05, 3.63) is 11.6 Å². The Hall–Kier alpha value is -2.33. The summed E-state index contributed by atoms with van der Waals surface area (Å²) in [5.74, 6) is -2.46. The van der Waals surface area contributed by atoms with Crippen molar-refractivity contribution in [2.45, 2.75) is 255 Å². The van der Waals surface area contributed by atoms with E-state index in [0.29, 0.717) is 44.9 Å². The smallest absolute Gasteiger partial charge is 0.306 e. The molecule has 27 atom stereocenters. The molecule has 6 N–H and O–H groups in total. The van der Waals surface area contributed by atoms with Gasteiger partial charge in [0.15, 0.2) is 25.2 Å². The maximum absolute atomic E-state index is 13.6. The van der Waals surface area contributed by atoms with Gasteiger partial charge < -0.3 is 92.2 Å². The summed E-state index contributed by atoms with van der Waals surface area (Å²) < 4.78 is 80.7. The van der Waals surface area contributed by atoms with E-state index in [1.54, 1.807) is 21.0 Å². The minimum Gasteiger partial charge on any atom is -0.458 e. The standard InChI is InChI=1S/C55H88O22/c1-24(2)19-37(59)74-50-48(71-29(7)58)40-33(55(64)18-16-32(25(3)57)54(50,55)9)14-13-30-20-31(15-17-53(30,40)8)72-38-21-34(65-10)45(26(4)68-38)75-39-22-35(66-11)46(27(5)69-39)76-52-44(63)49(67-12)47(28(6)70-52)77-51-43(62)42(61)41(60)36(23-56)73-51/h13,24,26-28,31-36,38-52,56,60-64H,14-23H2,1-12H3/t26-,27-,28-,31+,32-,33-,34+,35+,36-,38+,39+,40-,41-,42+,43-,44-,45-,46-,47-,48+,49+,50-,51+,52+,53+,54+,55+/m1/s1. The van der Waals surface area contributed by atoms with Gasteiger partial charge in [-0.2, -0.15) is 0 Å². The van der Waals surface area contributed by atoms with Crippen LogP contribution in [-0.2, 0) is 76.0 Å². The molecular formula is C55H88O22. The first-order chi connectivity index (χ1) is 36.3. The van der Waals surface area contributed by atoms with Gasteiger partial charge in [0, 0.05) is 64.8 Å². The number of carbonyl (C=O) groups is 3. The molecule has 77 heavy (non-hydrogen) atoms. The molecule has 0 spiro atoms. The molecule has 3 saturated carbocycles. The molecule has 0 aromatic carbocycles. The molecule has 0 amide bonds. The topological polar surface area (TPSA) is 293 Å². The number of fused-ring (bicyclic) bond motifs is 5. The summed E-state index contributed by atoms with van der Waals surface area (Å²) in [5.41, 5.74) is -2.02. The summed E-state index contributed by atoms with van der Waals surface area (Å²) >= 11 is 0. The molecule has 0 unspecified atom stereocenters. The van der Waals surface area contributed by atoms with Crippen molar-refractivity contribution in [3.63, 3.8) is 0 Å². The highest BCUT2D eigenvalue weighted by atomic mass is 16.8. The second-order valence-electron chi connectivity index (χ2n) is 24.0. The lowest BCUT2D eigenvalue weighted by Gasteiger charge is -2.64. The molecule has 0 aromatic rings. The molecule has 440 valence electrons. The van der Waals surface area contributed by atoms with Gasteiger partial charge in [-0.05, 0) is 83.5 Å². The molecule has 22 nitrogen and oxygen atoms in total. The summed E-state index contributed by atoms with van der Waals surface area (Å²) in [7, 11) is 4.51. The van der Waals surface area contributed by atoms with Crippen LogP contribution in [-0.4, -0.2) is 211 Å². The first-order valence-corrected chi connectivity index (χ1v) is 27.8. The SMILES string of the molecule is CO[C@H]1[C@@H](O)[C@H](O[C@H]2[C@@H](OC)C[C@H](O[C@H]3[C@@H](OC)C[C@H](O[C@H]4CC[C@@]5(C)C(=CC[C@@H]6[C@@H]5[C@H](OC(C)=O)[C@@H](OC(=O)CC(C)C)[C@]5(C)[C@@H](C(C)=O)CC[C@]65O)C4)O[C@@H]3C)O[C@@H]2C)O[C@H](C)[C@H]1O[C@@H]1O[C@H](CO)[C@@H](O)[C@H](O)[C@H]1O. The van der Waals surface area contributed by atoms with Crippen LogP contribution >= 0.6 is 0 Å². The van der Waals surface area contributed by atoms with Crippen LogP contribution in [0.25, 0.3) is 0 Å². The van der Waals surface area contributed by atoms with E-state index in [2.05, 4.69) is 13.0 Å². The Balaban J connectivity index is 0.894. The molecular weight excluding hydrogens is 1010 g/mol. The van der Waals surface area contributed by atoms with Gasteiger partial charge in [-0.15, -0.1) is 0 Å². The van der Waals surface area contributed by atoms with E-state index in [1.807, 2.05) is 27.7 Å². The summed E-state index contributed by atoms with van der Waals surface area (Å²) in [4.78, 5) is 40.0. The molecule has 22 heteroatoms. The van der Waals surface area contributed by atoms with Crippen molar-refractivity contribution in [1.29, 1.82) is 0 Å². The lowest BCUT2D eigenvalue weighted by atomic mass is 9.44. The van der Waals surface area contributed by atoms with Crippen LogP contribution < -0.4 is 0 Å². The van der Waals surface area contributed by atoms with Crippen molar-refractivity contribution < 1.29 is 107 Å². The van der Waals surface area contributed by atoms with Crippen LogP contribution in [0.5, 0.6) is 0 Å². The lowest BCUT2D eigenvalue weighted by Crippen LogP contribution is -2.72. The monoisotopic (exact) mass is 1100 g/mol. The number of hydrogen-bond acceptors (Lipinski definition) is 22. The van der Waals surface area contributed by atoms with Gasteiger partial charge in [-0.1, -0.05) is 39.3 Å². The first kappa shape index (κ1) is 60.8. The zero-order chi connectivity index (χ0) is 56.2. The predicted octanol–water partition coefficient (Wildman–Crippen LogP) is 2.14. The fourth-order valence-electron chi connectivity index (χ4n) is 14.9. The van der Waals surface area contributed by atoms with Crippen molar-refractivity contribution in [3.8, 4) is 0 Å². The number of aliphatic hydroxyl groups excluding tert-OH is 5. The van der Waals surface area contributed by atoms with Crippen molar-refractivity contribution in [2.24, 2.45) is 34.5 Å². The number of methoxy groups -OCH3 is 3. The van der Waals surface area contributed by atoms with Crippen LogP contribution in [0, 0.1) is 34.5 Å². The average molecular weight is 1100 g/mol. The van der Waals surface area contributed by atoms with E-state index in [-0.39, 0.29) is 36.6 Å². The van der Waals surface area contributed by atoms with E-state index >= 15 is 0 Å². The quantitative estimate of drug-likeness (QED) is 0.0898. The van der Waals surface area contributed by atoms with E-state index in [4.69, 9.17) is 61.6 Å². The Kier molecular flexibility index (Phi) is 19.1. The second kappa shape index (κ2) is 24.2. The number of esters is 2. The zero-order valence-corrected chi connectivity index (χ0v) is 46.8. The maximum atomic E-state index is 13.6. The number of ether oxygens (including phenoxy) is 13. The molecule has 4 heterocycles. The molecule has 4 saturated heterocycles. The van der Waals surface area contributed by atoms with E-state index in [0.717, 1.165) is 5.57 Å². The highest BCUT2D eigenvalue weighted by molar-refractivity contribution is 5.80. The van der Waals surface area contributed by atoms with Gasteiger partial charge in [0.2, 0.25) is 0 Å². The number of rotatable bonds is 17. The average Bonchev–Trinajstić information content (AvgIpc) is 3.95. The second-order valence-corrected chi connectivity index (χ2v) is 24.0. The molecule has 4 aliphatic carbocycles. The van der Waals surface area contributed by atoms with Crippen molar-refractivity contribution in [1.82, 2.24) is 0 Å². The Morgan fingerprint density at radius 3 is 1.88 bits per heavy atom. The molecule has 0 radical (unpaired) electrons. The largest absolute Gasteiger partial charge is 0.458 e. The Morgan fingerprint density at radius 1 is 0.701 bits per heavy atom. The molecule has 7 fully saturated rings. The summed E-state index contributed by atoms with van der Waals surface area (Å²) in [6, 6.07) is 0. The van der Waals surface area contributed by atoms with Gasteiger partial charge in [-0.3, -0.25) is 14.4 Å². The highest BCUT2D eigenvalue weighted by Crippen LogP contribution is 2.69. The lowest BCUT2D eigenvalue weighted by molar-refractivity contribution is -0.373. The summed E-state index contributed by atoms with van der Waals surface area (Å²) in [5, 5.41) is 65.4. The number of aliphatic hydroxyl groups is 6. The van der Waals surface area contributed by atoms with E-state index < -0.39 is 170 Å². The number of ketones is 1. The third-order valence-corrected chi connectivity index (χ3v) is 18.9. The first-order valence-electron chi connectivity index (χ1n) is 27.8. The Labute approximate surface area is 451 Å². The fraction of sp³-hybridized carbons (Fsp3) is 0.909. The van der Waals surface area contributed by atoms with Gasteiger partial charge in [0.05, 0.1) is 48.8 Å². The minimum absolute atomic E-state index is 0.0000495. The minimum atomic E-state index is -1.68. The number of allylic oxidation sites excluding steroid dienone is 1. The van der Waals surface area contributed by atoms with Crippen molar-refractivity contribution in [2.75, 3.05) is 27.9 Å². The fourth-order valence-corrected chi connectivity index (χ4v) is 14.9.